The molecule has 0 aliphatic heterocycles. The minimum Gasteiger partial charge on any atom is -0.370 e. The summed E-state index contributed by atoms with van der Waals surface area (Å²) in [5.74, 6) is 1.76. The van der Waals surface area contributed by atoms with Gasteiger partial charge in [0.1, 0.15) is 5.82 Å². The van der Waals surface area contributed by atoms with E-state index in [1.807, 2.05) is 24.3 Å². The minimum absolute atomic E-state index is 0.717. The van der Waals surface area contributed by atoms with Crippen LogP contribution >= 0.6 is 11.6 Å². The summed E-state index contributed by atoms with van der Waals surface area (Å²) in [7, 11) is 0. The van der Waals surface area contributed by atoms with Crippen molar-refractivity contribution in [2.45, 2.75) is 32.6 Å². The van der Waals surface area contributed by atoms with Gasteiger partial charge in [-0.25, -0.2) is 9.97 Å². The Morgan fingerprint density at radius 1 is 1.20 bits per heavy atom. The Bertz CT molecular complexity index is 625. The van der Waals surface area contributed by atoms with E-state index in [1.54, 1.807) is 0 Å². The molecule has 104 valence electrons. The highest BCUT2D eigenvalue weighted by Gasteiger charge is 2.18. The average molecular weight is 288 g/mol. The van der Waals surface area contributed by atoms with E-state index in [2.05, 4.69) is 12.2 Å². The number of rotatable bonds is 3. The lowest BCUT2D eigenvalue weighted by Gasteiger charge is -2.19. The third-order valence-corrected chi connectivity index (χ3v) is 3.85. The van der Waals surface area contributed by atoms with Crippen molar-refractivity contribution < 1.29 is 0 Å². The van der Waals surface area contributed by atoms with Gasteiger partial charge in [0.15, 0.2) is 5.82 Å². The van der Waals surface area contributed by atoms with Gasteiger partial charge in [0.05, 0.1) is 0 Å². The van der Waals surface area contributed by atoms with Gasteiger partial charge in [0.2, 0.25) is 0 Å². The van der Waals surface area contributed by atoms with Gasteiger partial charge in [-0.15, -0.1) is 0 Å². The maximum absolute atomic E-state index is 6.07. The highest BCUT2D eigenvalue weighted by atomic mass is 35.5. The number of hydrogen-bond acceptors (Lipinski definition) is 3. The standard InChI is InChI=1S/C16H18ClN3/c1-2-18-16-13-8-3-4-9-14(13)19-15(20-16)11-6-5-7-12(17)10-11/h5-7,10H,2-4,8-9H2,1H3,(H,18,19,20). The number of nitrogens with zero attached hydrogens (tertiary/aromatic N) is 2. The number of aromatic nitrogens is 2. The fraction of sp³-hybridized carbons (Fsp3) is 0.375. The van der Waals surface area contributed by atoms with Crippen molar-refractivity contribution in [2.75, 3.05) is 11.9 Å². The summed E-state index contributed by atoms with van der Waals surface area (Å²) < 4.78 is 0. The Morgan fingerprint density at radius 3 is 2.85 bits per heavy atom. The first-order valence-electron chi connectivity index (χ1n) is 7.17. The highest BCUT2D eigenvalue weighted by Crippen LogP contribution is 2.29. The van der Waals surface area contributed by atoms with Crippen LogP contribution in [-0.4, -0.2) is 16.5 Å². The van der Waals surface area contributed by atoms with Gasteiger partial charge in [-0.3, -0.25) is 0 Å². The molecule has 0 fully saturated rings. The average Bonchev–Trinajstić information content (AvgIpc) is 2.47. The smallest absolute Gasteiger partial charge is 0.161 e. The quantitative estimate of drug-likeness (QED) is 0.923. The second-order valence-corrected chi connectivity index (χ2v) is 5.51. The molecule has 0 bridgehead atoms. The molecule has 1 aliphatic rings. The fourth-order valence-corrected chi connectivity index (χ4v) is 2.85. The summed E-state index contributed by atoms with van der Waals surface area (Å²) in [5, 5.41) is 4.09. The SMILES string of the molecule is CCNc1nc(-c2cccc(Cl)c2)nc2c1CCCC2. The molecule has 3 nitrogen and oxygen atoms in total. The van der Waals surface area contributed by atoms with Crippen LogP contribution < -0.4 is 5.32 Å². The zero-order valence-electron chi connectivity index (χ0n) is 11.6. The van der Waals surface area contributed by atoms with Crippen molar-refractivity contribution in [2.24, 2.45) is 0 Å². The van der Waals surface area contributed by atoms with Crippen LogP contribution in [0.5, 0.6) is 0 Å². The van der Waals surface area contributed by atoms with E-state index < -0.39 is 0 Å². The summed E-state index contributed by atoms with van der Waals surface area (Å²) in [6.07, 6.45) is 4.56. The van der Waals surface area contributed by atoms with Crippen LogP contribution in [0.4, 0.5) is 5.82 Å². The Balaban J connectivity index is 2.10. The molecule has 20 heavy (non-hydrogen) atoms. The predicted molar refractivity (Wildman–Crippen MR) is 83.3 cm³/mol. The summed E-state index contributed by atoms with van der Waals surface area (Å²) in [6.45, 7) is 2.97. The maximum atomic E-state index is 6.07. The number of nitrogens with one attached hydrogen (secondary N) is 1. The normalized spacial score (nSPS) is 13.9. The van der Waals surface area contributed by atoms with E-state index in [1.165, 1.54) is 24.1 Å². The lowest BCUT2D eigenvalue weighted by atomic mass is 9.96. The van der Waals surface area contributed by atoms with Crippen LogP contribution in [-0.2, 0) is 12.8 Å². The first-order valence-corrected chi connectivity index (χ1v) is 7.55. The molecule has 1 heterocycles. The molecule has 0 saturated carbocycles. The topological polar surface area (TPSA) is 37.8 Å². The van der Waals surface area contributed by atoms with Crippen LogP contribution in [0.1, 0.15) is 31.0 Å². The van der Waals surface area contributed by atoms with Crippen LogP contribution in [0.15, 0.2) is 24.3 Å². The molecular weight excluding hydrogens is 270 g/mol. The van der Waals surface area contributed by atoms with Crippen LogP contribution in [0.2, 0.25) is 5.02 Å². The monoisotopic (exact) mass is 287 g/mol. The number of benzene rings is 1. The van der Waals surface area contributed by atoms with Crippen molar-refractivity contribution in [3.05, 3.63) is 40.5 Å². The maximum Gasteiger partial charge on any atom is 0.161 e. The first kappa shape index (κ1) is 13.4. The van der Waals surface area contributed by atoms with Gasteiger partial charge in [0.25, 0.3) is 0 Å². The highest BCUT2D eigenvalue weighted by molar-refractivity contribution is 6.30. The largest absolute Gasteiger partial charge is 0.370 e. The number of hydrogen-bond donors (Lipinski definition) is 1. The number of anilines is 1. The Morgan fingerprint density at radius 2 is 2.05 bits per heavy atom. The predicted octanol–water partition coefficient (Wildman–Crippen LogP) is 4.11. The summed E-state index contributed by atoms with van der Waals surface area (Å²) in [6, 6.07) is 7.73. The molecule has 1 N–H and O–H groups in total. The minimum atomic E-state index is 0.717. The van der Waals surface area contributed by atoms with E-state index in [9.17, 15) is 0 Å². The molecule has 1 aromatic carbocycles. The van der Waals surface area contributed by atoms with Gasteiger partial charge < -0.3 is 5.32 Å². The lowest BCUT2D eigenvalue weighted by molar-refractivity contribution is 0.665. The van der Waals surface area contributed by atoms with E-state index in [-0.39, 0.29) is 0 Å². The summed E-state index contributed by atoms with van der Waals surface area (Å²) in [4.78, 5) is 9.46. The molecule has 0 saturated heterocycles. The molecule has 0 amide bonds. The molecule has 4 heteroatoms. The molecule has 0 spiro atoms. The van der Waals surface area contributed by atoms with Crippen molar-refractivity contribution in [1.29, 1.82) is 0 Å². The summed E-state index contributed by atoms with van der Waals surface area (Å²) in [5.41, 5.74) is 3.46. The Hall–Kier alpha value is -1.61. The first-order chi connectivity index (χ1) is 9.78. The molecular formula is C16H18ClN3. The van der Waals surface area contributed by atoms with E-state index in [0.29, 0.717) is 5.02 Å². The zero-order valence-corrected chi connectivity index (χ0v) is 12.4. The van der Waals surface area contributed by atoms with Crippen molar-refractivity contribution in [3.8, 4) is 11.4 Å². The second-order valence-electron chi connectivity index (χ2n) is 5.07. The molecule has 1 aliphatic carbocycles. The number of aryl methyl sites for hydroxylation is 1. The van der Waals surface area contributed by atoms with E-state index in [0.717, 1.165) is 36.6 Å². The summed E-state index contributed by atoms with van der Waals surface area (Å²) >= 11 is 6.07. The molecule has 1 aromatic heterocycles. The lowest BCUT2D eigenvalue weighted by Crippen LogP contribution is -2.13. The van der Waals surface area contributed by atoms with Gasteiger partial charge in [-0.05, 0) is 44.7 Å². The van der Waals surface area contributed by atoms with Gasteiger partial charge in [-0.1, -0.05) is 23.7 Å². The molecule has 0 unspecified atom stereocenters. The number of halogens is 1. The molecule has 2 aromatic rings. The van der Waals surface area contributed by atoms with Gasteiger partial charge in [-0.2, -0.15) is 0 Å². The Labute approximate surface area is 124 Å². The molecule has 0 radical (unpaired) electrons. The van der Waals surface area contributed by atoms with E-state index in [4.69, 9.17) is 21.6 Å². The van der Waals surface area contributed by atoms with Gasteiger partial charge >= 0.3 is 0 Å². The van der Waals surface area contributed by atoms with Crippen LogP contribution in [0.3, 0.4) is 0 Å². The Kier molecular flexibility index (Phi) is 3.88. The molecule has 3 rings (SSSR count). The second kappa shape index (κ2) is 5.80. The van der Waals surface area contributed by atoms with E-state index >= 15 is 0 Å². The number of fused-ring (bicyclic) bond motifs is 1. The third-order valence-electron chi connectivity index (χ3n) is 3.61. The van der Waals surface area contributed by atoms with Crippen molar-refractivity contribution in [1.82, 2.24) is 9.97 Å². The van der Waals surface area contributed by atoms with Crippen LogP contribution in [0.25, 0.3) is 11.4 Å². The van der Waals surface area contributed by atoms with Gasteiger partial charge in [0, 0.05) is 28.4 Å². The van der Waals surface area contributed by atoms with Crippen molar-refractivity contribution in [3.63, 3.8) is 0 Å². The van der Waals surface area contributed by atoms with Crippen molar-refractivity contribution >= 4 is 17.4 Å². The fourth-order valence-electron chi connectivity index (χ4n) is 2.66. The zero-order chi connectivity index (χ0) is 13.9. The third kappa shape index (κ3) is 2.63. The molecule has 0 atom stereocenters. The van der Waals surface area contributed by atoms with Crippen LogP contribution in [0, 0.1) is 0 Å².